The van der Waals surface area contributed by atoms with Crippen molar-refractivity contribution >= 4 is 11.8 Å². The SMILES string of the molecule is CCC1NC(=O)C(C)N(Cc2ccco2)C1=O. The molecule has 2 atom stereocenters. The fourth-order valence-electron chi connectivity index (χ4n) is 1.95. The van der Waals surface area contributed by atoms with E-state index in [1.54, 1.807) is 30.2 Å². The van der Waals surface area contributed by atoms with Crippen molar-refractivity contribution in [1.82, 2.24) is 10.2 Å². The van der Waals surface area contributed by atoms with E-state index in [0.29, 0.717) is 18.7 Å². The zero-order valence-corrected chi connectivity index (χ0v) is 9.97. The molecule has 0 radical (unpaired) electrons. The van der Waals surface area contributed by atoms with E-state index >= 15 is 0 Å². The molecule has 5 nitrogen and oxygen atoms in total. The van der Waals surface area contributed by atoms with Crippen LogP contribution in [0.4, 0.5) is 0 Å². The van der Waals surface area contributed by atoms with Crippen LogP contribution in [0.15, 0.2) is 22.8 Å². The number of hydrogen-bond acceptors (Lipinski definition) is 3. The Bertz CT molecular complexity index is 413. The first-order valence-corrected chi connectivity index (χ1v) is 5.76. The minimum Gasteiger partial charge on any atom is -0.467 e. The standard InChI is InChI=1S/C12H16N2O3/c1-3-10-12(16)14(8(2)11(15)13-10)7-9-5-4-6-17-9/h4-6,8,10H,3,7H2,1-2H3,(H,13,15). The minimum absolute atomic E-state index is 0.0454. The number of piperazine rings is 1. The van der Waals surface area contributed by atoms with Crippen LogP contribution in [-0.4, -0.2) is 28.8 Å². The summed E-state index contributed by atoms with van der Waals surface area (Å²) in [6.07, 6.45) is 2.16. The fraction of sp³-hybridized carbons (Fsp3) is 0.500. The molecule has 0 spiro atoms. The van der Waals surface area contributed by atoms with Gasteiger partial charge in [0.2, 0.25) is 11.8 Å². The Labute approximate surface area is 99.8 Å². The molecule has 1 aliphatic heterocycles. The predicted molar refractivity (Wildman–Crippen MR) is 60.9 cm³/mol. The third kappa shape index (κ3) is 2.18. The van der Waals surface area contributed by atoms with Gasteiger partial charge in [0.1, 0.15) is 17.8 Å². The molecule has 92 valence electrons. The number of furan rings is 1. The first-order chi connectivity index (χ1) is 8.13. The Morgan fingerprint density at radius 1 is 1.47 bits per heavy atom. The molecule has 1 N–H and O–H groups in total. The molecule has 17 heavy (non-hydrogen) atoms. The molecule has 1 aromatic heterocycles. The van der Waals surface area contributed by atoms with Crippen molar-refractivity contribution in [1.29, 1.82) is 0 Å². The lowest BCUT2D eigenvalue weighted by Gasteiger charge is -2.36. The van der Waals surface area contributed by atoms with Crippen molar-refractivity contribution in [2.24, 2.45) is 0 Å². The van der Waals surface area contributed by atoms with Crippen molar-refractivity contribution in [3.05, 3.63) is 24.2 Å². The molecule has 0 aromatic carbocycles. The number of carbonyl (C=O) groups is 2. The van der Waals surface area contributed by atoms with Gasteiger partial charge in [0.05, 0.1) is 12.8 Å². The lowest BCUT2D eigenvalue weighted by atomic mass is 10.1. The van der Waals surface area contributed by atoms with Crippen LogP contribution < -0.4 is 5.32 Å². The number of carbonyl (C=O) groups excluding carboxylic acids is 2. The van der Waals surface area contributed by atoms with Gasteiger partial charge in [-0.3, -0.25) is 9.59 Å². The van der Waals surface area contributed by atoms with Crippen LogP contribution >= 0.6 is 0 Å². The molecule has 2 rings (SSSR count). The van der Waals surface area contributed by atoms with Gasteiger partial charge in [0, 0.05) is 0 Å². The summed E-state index contributed by atoms with van der Waals surface area (Å²) < 4.78 is 5.21. The van der Waals surface area contributed by atoms with Crippen LogP contribution in [0, 0.1) is 0 Å². The maximum Gasteiger partial charge on any atom is 0.246 e. The molecular weight excluding hydrogens is 220 g/mol. The zero-order chi connectivity index (χ0) is 12.4. The summed E-state index contributed by atoms with van der Waals surface area (Å²) in [6.45, 7) is 3.95. The summed E-state index contributed by atoms with van der Waals surface area (Å²) in [4.78, 5) is 25.4. The topological polar surface area (TPSA) is 62.6 Å². The molecule has 0 bridgehead atoms. The molecule has 1 aromatic rings. The van der Waals surface area contributed by atoms with Crippen molar-refractivity contribution in [3.63, 3.8) is 0 Å². The maximum atomic E-state index is 12.1. The Kier molecular flexibility index (Phi) is 3.17. The molecule has 1 saturated heterocycles. The summed E-state index contributed by atoms with van der Waals surface area (Å²) in [5.41, 5.74) is 0. The Morgan fingerprint density at radius 3 is 2.82 bits per heavy atom. The van der Waals surface area contributed by atoms with E-state index in [-0.39, 0.29) is 11.8 Å². The minimum atomic E-state index is -0.449. The van der Waals surface area contributed by atoms with Crippen LogP contribution in [-0.2, 0) is 16.1 Å². The lowest BCUT2D eigenvalue weighted by Crippen LogP contribution is -2.61. The second-order valence-corrected chi connectivity index (χ2v) is 4.19. The number of rotatable bonds is 3. The summed E-state index contributed by atoms with van der Waals surface area (Å²) in [5.74, 6) is 0.536. The van der Waals surface area contributed by atoms with Gasteiger partial charge in [-0.15, -0.1) is 0 Å². The first kappa shape index (κ1) is 11.7. The first-order valence-electron chi connectivity index (χ1n) is 5.76. The summed E-state index contributed by atoms with van der Waals surface area (Å²) in [5, 5.41) is 2.71. The fourth-order valence-corrected chi connectivity index (χ4v) is 1.95. The third-order valence-corrected chi connectivity index (χ3v) is 3.06. The van der Waals surface area contributed by atoms with Gasteiger partial charge in [0.25, 0.3) is 0 Å². The van der Waals surface area contributed by atoms with E-state index in [1.165, 1.54) is 0 Å². The normalized spacial score (nSPS) is 24.9. The number of nitrogens with zero attached hydrogens (tertiary/aromatic N) is 1. The maximum absolute atomic E-state index is 12.1. The van der Waals surface area contributed by atoms with E-state index in [1.807, 2.05) is 6.92 Å². The van der Waals surface area contributed by atoms with Gasteiger partial charge in [-0.25, -0.2) is 0 Å². The third-order valence-electron chi connectivity index (χ3n) is 3.06. The number of amides is 2. The highest BCUT2D eigenvalue weighted by molar-refractivity contribution is 5.96. The smallest absolute Gasteiger partial charge is 0.246 e. The lowest BCUT2D eigenvalue weighted by molar-refractivity contribution is -0.149. The van der Waals surface area contributed by atoms with Crippen molar-refractivity contribution < 1.29 is 14.0 Å². The predicted octanol–water partition coefficient (Wildman–Crippen LogP) is 0.905. The average molecular weight is 236 g/mol. The summed E-state index contributed by atoms with van der Waals surface area (Å²) >= 11 is 0. The van der Waals surface area contributed by atoms with Crippen molar-refractivity contribution in [2.75, 3.05) is 0 Å². The molecular formula is C12H16N2O3. The Morgan fingerprint density at radius 2 is 2.24 bits per heavy atom. The number of hydrogen-bond donors (Lipinski definition) is 1. The van der Waals surface area contributed by atoms with Crippen LogP contribution in [0.5, 0.6) is 0 Å². The van der Waals surface area contributed by atoms with Crippen molar-refractivity contribution in [2.45, 2.75) is 38.9 Å². The van der Waals surface area contributed by atoms with Crippen molar-refractivity contribution in [3.8, 4) is 0 Å². The van der Waals surface area contributed by atoms with E-state index in [0.717, 1.165) is 0 Å². The van der Waals surface area contributed by atoms with Gasteiger partial charge in [-0.2, -0.15) is 0 Å². The molecule has 0 saturated carbocycles. The monoisotopic (exact) mass is 236 g/mol. The van der Waals surface area contributed by atoms with E-state index in [4.69, 9.17) is 4.42 Å². The highest BCUT2D eigenvalue weighted by Crippen LogP contribution is 2.16. The average Bonchev–Trinajstić information content (AvgIpc) is 2.82. The van der Waals surface area contributed by atoms with E-state index in [2.05, 4.69) is 5.32 Å². The largest absolute Gasteiger partial charge is 0.467 e. The highest BCUT2D eigenvalue weighted by Gasteiger charge is 2.37. The van der Waals surface area contributed by atoms with Gasteiger partial charge < -0.3 is 14.6 Å². The van der Waals surface area contributed by atoms with Crippen LogP contribution in [0.25, 0.3) is 0 Å². The Hall–Kier alpha value is -1.78. The van der Waals surface area contributed by atoms with Gasteiger partial charge in [-0.1, -0.05) is 6.92 Å². The molecule has 1 fully saturated rings. The highest BCUT2D eigenvalue weighted by atomic mass is 16.3. The van der Waals surface area contributed by atoms with Gasteiger partial charge in [-0.05, 0) is 25.5 Å². The summed E-state index contributed by atoms with van der Waals surface area (Å²) in [6, 6.07) is 2.71. The van der Waals surface area contributed by atoms with Crippen LogP contribution in [0.1, 0.15) is 26.0 Å². The molecule has 2 heterocycles. The molecule has 5 heteroatoms. The van der Waals surface area contributed by atoms with E-state index < -0.39 is 12.1 Å². The molecule has 0 aliphatic carbocycles. The Balaban J connectivity index is 2.17. The molecule has 2 unspecified atom stereocenters. The van der Waals surface area contributed by atoms with E-state index in [9.17, 15) is 9.59 Å². The summed E-state index contributed by atoms with van der Waals surface area (Å²) in [7, 11) is 0. The second-order valence-electron chi connectivity index (χ2n) is 4.19. The molecule has 1 aliphatic rings. The quantitative estimate of drug-likeness (QED) is 0.848. The number of nitrogens with one attached hydrogen (secondary N) is 1. The van der Waals surface area contributed by atoms with Gasteiger partial charge in [0.15, 0.2) is 0 Å². The molecule has 2 amide bonds. The van der Waals surface area contributed by atoms with Crippen LogP contribution in [0.2, 0.25) is 0 Å². The van der Waals surface area contributed by atoms with Gasteiger partial charge >= 0.3 is 0 Å². The second kappa shape index (κ2) is 4.61. The zero-order valence-electron chi connectivity index (χ0n) is 9.97. The van der Waals surface area contributed by atoms with Crippen LogP contribution in [0.3, 0.4) is 0 Å².